The van der Waals surface area contributed by atoms with Crippen LogP contribution in [0.2, 0.25) is 0 Å². The Bertz CT molecular complexity index is 728. The molecule has 0 spiro atoms. The van der Waals surface area contributed by atoms with Gasteiger partial charge in [-0.2, -0.15) is 0 Å². The van der Waals surface area contributed by atoms with Crippen molar-refractivity contribution in [3.8, 4) is 5.75 Å². The van der Waals surface area contributed by atoms with Crippen molar-refractivity contribution in [1.82, 2.24) is 9.88 Å². The van der Waals surface area contributed by atoms with E-state index >= 15 is 0 Å². The first-order valence-electron chi connectivity index (χ1n) is 9.57. The maximum atomic E-state index is 12.5. The highest BCUT2D eigenvalue weighted by Gasteiger charge is 2.21. The summed E-state index contributed by atoms with van der Waals surface area (Å²) in [6, 6.07) is 13.8. The highest BCUT2D eigenvalue weighted by Crippen LogP contribution is 2.24. The molecule has 1 N–H and O–H groups in total. The van der Waals surface area contributed by atoms with Gasteiger partial charge in [-0.3, -0.25) is 4.79 Å². The number of benzene rings is 1. The Morgan fingerprint density at radius 1 is 1.11 bits per heavy atom. The molecule has 1 saturated heterocycles. The number of carbonyl (C=O) groups is 1. The van der Waals surface area contributed by atoms with E-state index in [1.54, 1.807) is 6.20 Å². The Morgan fingerprint density at radius 2 is 1.85 bits per heavy atom. The average Bonchev–Trinajstić information content (AvgIpc) is 2.69. The van der Waals surface area contributed by atoms with Crippen LogP contribution < -0.4 is 15.0 Å². The van der Waals surface area contributed by atoms with Crippen LogP contribution in [0.1, 0.15) is 20.3 Å². The second kappa shape index (κ2) is 9.26. The summed E-state index contributed by atoms with van der Waals surface area (Å²) in [5.41, 5.74) is 0.930. The van der Waals surface area contributed by atoms with Gasteiger partial charge >= 0.3 is 0 Å². The quantitative estimate of drug-likeness (QED) is 0.814. The Labute approximate surface area is 161 Å². The summed E-state index contributed by atoms with van der Waals surface area (Å²) in [6.07, 6.45) is 2.39. The number of rotatable bonds is 7. The third kappa shape index (κ3) is 5.36. The van der Waals surface area contributed by atoms with Gasteiger partial charge in [0.05, 0.1) is 11.8 Å². The number of para-hydroxylation sites is 2. The summed E-state index contributed by atoms with van der Waals surface area (Å²) in [5.74, 6) is 1.99. The smallest absolute Gasteiger partial charge is 0.224 e. The molecule has 6 heteroatoms. The van der Waals surface area contributed by atoms with E-state index in [-0.39, 0.29) is 12.0 Å². The molecule has 0 saturated carbocycles. The topological polar surface area (TPSA) is 57.7 Å². The molecule has 0 radical (unpaired) electrons. The van der Waals surface area contributed by atoms with Gasteiger partial charge < -0.3 is 19.9 Å². The molecule has 1 aromatic heterocycles. The van der Waals surface area contributed by atoms with Gasteiger partial charge in [0, 0.05) is 45.3 Å². The Hall–Kier alpha value is -2.76. The number of pyridine rings is 1. The number of aromatic nitrogens is 1. The van der Waals surface area contributed by atoms with E-state index in [0.717, 1.165) is 43.4 Å². The first-order chi connectivity index (χ1) is 13.1. The maximum absolute atomic E-state index is 12.5. The van der Waals surface area contributed by atoms with Gasteiger partial charge in [0.15, 0.2) is 0 Å². The number of hydrogen-bond donors (Lipinski definition) is 1. The van der Waals surface area contributed by atoms with Crippen molar-refractivity contribution in [2.45, 2.75) is 26.4 Å². The predicted molar refractivity (Wildman–Crippen MR) is 108 cm³/mol. The molecule has 1 aliphatic heterocycles. The fourth-order valence-corrected chi connectivity index (χ4v) is 3.16. The molecule has 0 atom stereocenters. The van der Waals surface area contributed by atoms with Crippen LogP contribution in [-0.2, 0) is 4.79 Å². The minimum atomic E-state index is 0.116. The van der Waals surface area contributed by atoms with Crippen molar-refractivity contribution in [3.63, 3.8) is 0 Å². The van der Waals surface area contributed by atoms with Crippen molar-refractivity contribution in [1.29, 1.82) is 0 Å². The zero-order valence-corrected chi connectivity index (χ0v) is 16.1. The fraction of sp³-hybridized carbons (Fsp3) is 0.429. The van der Waals surface area contributed by atoms with E-state index in [0.29, 0.717) is 13.0 Å². The molecule has 3 rings (SSSR count). The third-order valence-corrected chi connectivity index (χ3v) is 4.51. The van der Waals surface area contributed by atoms with Gasteiger partial charge in [-0.15, -0.1) is 0 Å². The number of amides is 1. The van der Waals surface area contributed by atoms with Crippen LogP contribution in [0.5, 0.6) is 5.75 Å². The Kier molecular flexibility index (Phi) is 6.52. The van der Waals surface area contributed by atoms with Gasteiger partial charge in [-0.05, 0) is 38.1 Å². The predicted octanol–water partition coefficient (Wildman–Crippen LogP) is 3.02. The van der Waals surface area contributed by atoms with E-state index in [4.69, 9.17) is 4.74 Å². The van der Waals surface area contributed by atoms with Gasteiger partial charge in [-0.25, -0.2) is 4.98 Å². The fourth-order valence-electron chi connectivity index (χ4n) is 3.16. The number of nitrogens with zero attached hydrogens (tertiary/aromatic N) is 3. The summed E-state index contributed by atoms with van der Waals surface area (Å²) in [6.45, 7) is 7.72. The van der Waals surface area contributed by atoms with Gasteiger partial charge in [-0.1, -0.05) is 18.2 Å². The molecule has 144 valence electrons. The van der Waals surface area contributed by atoms with Crippen LogP contribution in [0.4, 0.5) is 11.5 Å². The maximum Gasteiger partial charge on any atom is 0.224 e. The van der Waals surface area contributed by atoms with Crippen molar-refractivity contribution >= 4 is 17.4 Å². The van der Waals surface area contributed by atoms with Crippen molar-refractivity contribution in [2.24, 2.45) is 0 Å². The molecule has 1 amide bonds. The summed E-state index contributed by atoms with van der Waals surface area (Å²) >= 11 is 0. The van der Waals surface area contributed by atoms with Crippen LogP contribution >= 0.6 is 0 Å². The highest BCUT2D eigenvalue weighted by molar-refractivity contribution is 5.77. The summed E-state index contributed by atoms with van der Waals surface area (Å²) in [4.78, 5) is 21.1. The van der Waals surface area contributed by atoms with E-state index in [9.17, 15) is 4.79 Å². The lowest BCUT2D eigenvalue weighted by molar-refractivity contribution is -0.131. The molecule has 27 heavy (non-hydrogen) atoms. The Morgan fingerprint density at radius 3 is 2.56 bits per heavy atom. The first-order valence-corrected chi connectivity index (χ1v) is 9.57. The van der Waals surface area contributed by atoms with E-state index < -0.39 is 0 Å². The minimum absolute atomic E-state index is 0.116. The molecule has 6 nitrogen and oxygen atoms in total. The Balaban J connectivity index is 1.44. The van der Waals surface area contributed by atoms with Crippen molar-refractivity contribution < 1.29 is 9.53 Å². The lowest BCUT2D eigenvalue weighted by atomic mass is 10.2. The third-order valence-electron chi connectivity index (χ3n) is 4.51. The first kappa shape index (κ1) is 19.0. The van der Waals surface area contributed by atoms with Crippen molar-refractivity contribution in [3.05, 3.63) is 48.7 Å². The number of nitrogens with one attached hydrogen (secondary N) is 1. The molecule has 2 aromatic rings. The zero-order valence-electron chi connectivity index (χ0n) is 16.1. The standard InChI is InChI=1S/C21H28N4O2/c1-17(2)27-19-8-4-3-7-18(19)22-12-10-21(26)25-15-13-24(14-16-25)20-9-5-6-11-23-20/h3-9,11,17,22H,10,12-16H2,1-2H3. The number of piperazine rings is 1. The van der Waals surface area contributed by atoms with Crippen molar-refractivity contribution in [2.75, 3.05) is 42.9 Å². The molecule has 0 bridgehead atoms. The minimum Gasteiger partial charge on any atom is -0.489 e. The lowest BCUT2D eigenvalue weighted by Crippen LogP contribution is -2.49. The monoisotopic (exact) mass is 368 g/mol. The van der Waals surface area contributed by atoms with Gasteiger partial charge in [0.25, 0.3) is 0 Å². The van der Waals surface area contributed by atoms with Crippen LogP contribution in [-0.4, -0.2) is 54.6 Å². The molecule has 1 aromatic carbocycles. The number of ether oxygens (including phenoxy) is 1. The van der Waals surface area contributed by atoms with E-state index in [2.05, 4.69) is 15.2 Å². The molecule has 0 unspecified atom stereocenters. The van der Waals surface area contributed by atoms with Gasteiger partial charge in [0.1, 0.15) is 11.6 Å². The summed E-state index contributed by atoms with van der Waals surface area (Å²) in [7, 11) is 0. The molecule has 1 fully saturated rings. The summed E-state index contributed by atoms with van der Waals surface area (Å²) in [5, 5.41) is 3.33. The zero-order chi connectivity index (χ0) is 19.1. The van der Waals surface area contributed by atoms with Crippen LogP contribution in [0.25, 0.3) is 0 Å². The second-order valence-corrected chi connectivity index (χ2v) is 6.90. The molecule has 0 aliphatic carbocycles. The molecule has 2 heterocycles. The number of carbonyl (C=O) groups excluding carboxylic acids is 1. The largest absolute Gasteiger partial charge is 0.489 e. The van der Waals surface area contributed by atoms with Crippen LogP contribution in [0.15, 0.2) is 48.7 Å². The molecular weight excluding hydrogens is 340 g/mol. The highest BCUT2D eigenvalue weighted by atomic mass is 16.5. The molecule has 1 aliphatic rings. The van der Waals surface area contributed by atoms with Gasteiger partial charge in [0.2, 0.25) is 5.91 Å². The second-order valence-electron chi connectivity index (χ2n) is 6.90. The van der Waals surface area contributed by atoms with E-state index in [1.807, 2.05) is 61.2 Å². The SMILES string of the molecule is CC(C)Oc1ccccc1NCCC(=O)N1CCN(c2ccccn2)CC1. The normalized spacial score (nSPS) is 14.3. The number of hydrogen-bond acceptors (Lipinski definition) is 5. The average molecular weight is 368 g/mol. The molecular formula is C21H28N4O2. The van der Waals surface area contributed by atoms with Crippen LogP contribution in [0.3, 0.4) is 0 Å². The number of anilines is 2. The summed E-state index contributed by atoms with van der Waals surface area (Å²) < 4.78 is 5.80. The van der Waals surface area contributed by atoms with E-state index in [1.165, 1.54) is 0 Å². The van der Waals surface area contributed by atoms with Crippen LogP contribution in [0, 0.1) is 0 Å². The lowest BCUT2D eigenvalue weighted by Gasteiger charge is -2.35.